The number of hydrogen-bond acceptors (Lipinski definition) is 2. The van der Waals surface area contributed by atoms with Gasteiger partial charge in [0.2, 0.25) is 0 Å². The van der Waals surface area contributed by atoms with Gasteiger partial charge in [0.15, 0.2) is 0 Å². The molecular weight excluding hydrogens is 133 g/mol. The number of hydrogen-bond donors (Lipinski definition) is 1. The third kappa shape index (κ3) is 1.89. The molecule has 0 spiro atoms. The average molecular weight is 147 g/mol. The van der Waals surface area contributed by atoms with Crippen LogP contribution in [0.2, 0.25) is 0 Å². The minimum Gasteiger partial charge on any atom is -0.396 e. The quantitative estimate of drug-likeness (QED) is 0.561. The summed E-state index contributed by atoms with van der Waals surface area (Å²) in [6, 6.07) is 0. The van der Waals surface area contributed by atoms with Crippen LogP contribution in [0.3, 0.4) is 0 Å². The van der Waals surface area contributed by atoms with E-state index in [-0.39, 0.29) is 0 Å². The SMILES string of the molecule is OCC1CCN(CP)C1. The summed E-state index contributed by atoms with van der Waals surface area (Å²) in [6.07, 6.45) is 2.22. The molecule has 1 heterocycles. The standard InChI is InChI=1S/C6H14NOP/c8-4-6-1-2-7(3-6)5-9/h6,8H,1-5,9H2. The summed E-state index contributed by atoms with van der Waals surface area (Å²) in [7, 11) is 2.70. The van der Waals surface area contributed by atoms with E-state index in [0.717, 1.165) is 19.4 Å². The van der Waals surface area contributed by atoms with E-state index >= 15 is 0 Å². The first kappa shape index (κ1) is 7.46. The second kappa shape index (κ2) is 3.50. The van der Waals surface area contributed by atoms with Crippen molar-refractivity contribution in [3.8, 4) is 0 Å². The molecule has 2 unspecified atom stereocenters. The molecule has 0 bridgehead atoms. The molecule has 0 saturated carbocycles. The first-order valence-electron chi connectivity index (χ1n) is 3.40. The Labute approximate surface area is 58.4 Å². The van der Waals surface area contributed by atoms with Crippen LogP contribution in [0.5, 0.6) is 0 Å². The van der Waals surface area contributed by atoms with Crippen molar-refractivity contribution in [1.29, 1.82) is 0 Å². The summed E-state index contributed by atoms with van der Waals surface area (Å²) >= 11 is 0. The van der Waals surface area contributed by atoms with E-state index in [0.29, 0.717) is 12.5 Å². The van der Waals surface area contributed by atoms with Crippen LogP contribution in [0, 0.1) is 5.92 Å². The number of nitrogens with zero attached hydrogens (tertiary/aromatic N) is 1. The van der Waals surface area contributed by atoms with Gasteiger partial charge in [0, 0.05) is 19.4 Å². The fraction of sp³-hybridized carbons (Fsp3) is 1.00. The third-order valence-corrected chi connectivity index (χ3v) is 2.40. The summed E-state index contributed by atoms with van der Waals surface area (Å²) in [6.45, 7) is 2.61. The fourth-order valence-corrected chi connectivity index (χ4v) is 1.56. The Balaban J connectivity index is 2.20. The number of rotatable bonds is 2. The summed E-state index contributed by atoms with van der Waals surface area (Å²) in [4.78, 5) is 2.34. The molecule has 2 nitrogen and oxygen atoms in total. The van der Waals surface area contributed by atoms with E-state index < -0.39 is 0 Å². The summed E-state index contributed by atoms with van der Waals surface area (Å²) in [5.74, 6) is 0.547. The highest BCUT2D eigenvalue weighted by Crippen LogP contribution is 2.15. The number of aliphatic hydroxyl groups excluding tert-OH is 1. The first-order chi connectivity index (χ1) is 4.36. The Bertz CT molecular complexity index is 79.1. The molecule has 3 heteroatoms. The van der Waals surface area contributed by atoms with Gasteiger partial charge in [0.05, 0.1) is 0 Å². The second-order valence-corrected chi connectivity index (χ2v) is 2.96. The van der Waals surface area contributed by atoms with Crippen LogP contribution in [0.1, 0.15) is 6.42 Å². The van der Waals surface area contributed by atoms with Gasteiger partial charge < -0.3 is 5.11 Å². The van der Waals surface area contributed by atoms with Crippen molar-refractivity contribution in [3.63, 3.8) is 0 Å². The predicted octanol–water partition coefficient (Wildman–Crippen LogP) is 0.133. The maximum atomic E-state index is 8.75. The lowest BCUT2D eigenvalue weighted by Gasteiger charge is -2.10. The third-order valence-electron chi connectivity index (χ3n) is 1.89. The lowest BCUT2D eigenvalue weighted by atomic mass is 10.1. The summed E-state index contributed by atoms with van der Waals surface area (Å²) in [5.41, 5.74) is 0. The smallest absolute Gasteiger partial charge is 0.0471 e. The molecular formula is C6H14NOP. The minimum atomic E-state index is 0.362. The van der Waals surface area contributed by atoms with Gasteiger partial charge in [-0.15, -0.1) is 9.24 Å². The molecule has 9 heavy (non-hydrogen) atoms. The molecule has 1 rings (SSSR count). The lowest BCUT2D eigenvalue weighted by molar-refractivity contribution is 0.227. The Morgan fingerprint density at radius 1 is 1.67 bits per heavy atom. The minimum absolute atomic E-state index is 0.362. The van der Waals surface area contributed by atoms with E-state index in [2.05, 4.69) is 14.1 Å². The van der Waals surface area contributed by atoms with Crippen molar-refractivity contribution in [1.82, 2.24) is 4.90 Å². The van der Waals surface area contributed by atoms with Crippen molar-refractivity contribution >= 4 is 9.24 Å². The Morgan fingerprint density at radius 3 is 2.78 bits per heavy atom. The molecule has 1 saturated heterocycles. The average Bonchev–Trinajstić information content (AvgIpc) is 2.34. The van der Waals surface area contributed by atoms with Gasteiger partial charge in [0.1, 0.15) is 0 Å². The van der Waals surface area contributed by atoms with Crippen LogP contribution in [0.15, 0.2) is 0 Å². The normalized spacial score (nSPS) is 29.3. The molecule has 54 valence electrons. The molecule has 1 fully saturated rings. The molecule has 1 N–H and O–H groups in total. The molecule has 0 aliphatic carbocycles. The zero-order valence-electron chi connectivity index (χ0n) is 5.58. The molecule has 0 amide bonds. The Morgan fingerprint density at radius 2 is 2.44 bits per heavy atom. The zero-order chi connectivity index (χ0) is 6.69. The first-order valence-corrected chi connectivity index (χ1v) is 4.21. The highest BCUT2D eigenvalue weighted by atomic mass is 31.0. The maximum Gasteiger partial charge on any atom is 0.0471 e. The highest BCUT2D eigenvalue weighted by molar-refractivity contribution is 7.16. The van der Waals surface area contributed by atoms with Gasteiger partial charge >= 0.3 is 0 Å². The predicted molar refractivity (Wildman–Crippen MR) is 41.3 cm³/mol. The Hall–Kier alpha value is 0.350. The Kier molecular flexibility index (Phi) is 2.90. The largest absolute Gasteiger partial charge is 0.396 e. The van der Waals surface area contributed by atoms with Crippen molar-refractivity contribution < 1.29 is 5.11 Å². The van der Waals surface area contributed by atoms with Crippen molar-refractivity contribution in [2.24, 2.45) is 5.92 Å². The van der Waals surface area contributed by atoms with Gasteiger partial charge in [-0.2, -0.15) is 0 Å². The number of aliphatic hydroxyl groups is 1. The topological polar surface area (TPSA) is 23.5 Å². The van der Waals surface area contributed by atoms with Crippen LogP contribution in [-0.2, 0) is 0 Å². The maximum absolute atomic E-state index is 8.75. The van der Waals surface area contributed by atoms with Gasteiger partial charge in [-0.05, 0) is 18.9 Å². The van der Waals surface area contributed by atoms with Gasteiger partial charge in [-0.3, -0.25) is 4.90 Å². The molecule has 0 aromatic heterocycles. The van der Waals surface area contributed by atoms with Crippen molar-refractivity contribution in [2.75, 3.05) is 26.0 Å². The van der Waals surface area contributed by atoms with E-state index in [1.807, 2.05) is 0 Å². The van der Waals surface area contributed by atoms with Gasteiger partial charge in [0.25, 0.3) is 0 Å². The molecule has 0 radical (unpaired) electrons. The zero-order valence-corrected chi connectivity index (χ0v) is 6.74. The molecule has 0 aromatic rings. The summed E-state index contributed by atoms with van der Waals surface area (Å²) in [5, 5.41) is 8.75. The second-order valence-electron chi connectivity index (χ2n) is 2.60. The van der Waals surface area contributed by atoms with E-state index in [1.165, 1.54) is 6.42 Å². The summed E-state index contributed by atoms with van der Waals surface area (Å²) < 4.78 is 0. The molecule has 1 aliphatic heterocycles. The van der Waals surface area contributed by atoms with Gasteiger partial charge in [-0.1, -0.05) is 0 Å². The van der Waals surface area contributed by atoms with E-state index in [4.69, 9.17) is 5.11 Å². The fourth-order valence-electron chi connectivity index (χ4n) is 1.23. The molecule has 2 atom stereocenters. The lowest BCUT2D eigenvalue weighted by Crippen LogP contribution is -2.19. The van der Waals surface area contributed by atoms with Crippen LogP contribution < -0.4 is 0 Å². The highest BCUT2D eigenvalue weighted by Gasteiger charge is 2.19. The van der Waals surface area contributed by atoms with Gasteiger partial charge in [-0.25, -0.2) is 0 Å². The molecule has 0 aromatic carbocycles. The van der Waals surface area contributed by atoms with Crippen LogP contribution >= 0.6 is 9.24 Å². The van der Waals surface area contributed by atoms with Crippen LogP contribution in [0.4, 0.5) is 0 Å². The van der Waals surface area contributed by atoms with Crippen LogP contribution in [0.25, 0.3) is 0 Å². The van der Waals surface area contributed by atoms with Crippen molar-refractivity contribution in [3.05, 3.63) is 0 Å². The van der Waals surface area contributed by atoms with Crippen molar-refractivity contribution in [2.45, 2.75) is 6.42 Å². The monoisotopic (exact) mass is 147 g/mol. The molecule has 1 aliphatic rings. The van der Waals surface area contributed by atoms with Crippen LogP contribution in [-0.4, -0.2) is 36.0 Å². The van der Waals surface area contributed by atoms with E-state index in [1.54, 1.807) is 0 Å². The van der Waals surface area contributed by atoms with E-state index in [9.17, 15) is 0 Å². The number of likely N-dealkylation sites (tertiary alicyclic amines) is 1.